The maximum Gasteiger partial charge on any atom is 0.172 e. The lowest BCUT2D eigenvalue weighted by Crippen LogP contribution is -2.11. The quantitative estimate of drug-likeness (QED) is 0.843. The van der Waals surface area contributed by atoms with Crippen molar-refractivity contribution in [2.45, 2.75) is 50.0 Å². The third-order valence-corrected chi connectivity index (χ3v) is 5.58. The first-order valence-electron chi connectivity index (χ1n) is 6.36. The summed E-state index contributed by atoms with van der Waals surface area (Å²) in [5, 5.41) is 4.95. The van der Waals surface area contributed by atoms with E-state index in [4.69, 9.17) is 4.74 Å². The van der Waals surface area contributed by atoms with Crippen molar-refractivity contribution >= 4 is 27.7 Å². The van der Waals surface area contributed by atoms with Crippen LogP contribution in [0.2, 0.25) is 0 Å². The molecular formula is C12H17BrN2OS. The smallest absolute Gasteiger partial charge is 0.172 e. The van der Waals surface area contributed by atoms with Crippen LogP contribution in [0.3, 0.4) is 0 Å². The second-order valence-corrected chi connectivity index (χ2v) is 6.77. The second kappa shape index (κ2) is 5.22. The molecule has 5 heteroatoms. The van der Waals surface area contributed by atoms with E-state index in [2.05, 4.69) is 25.7 Å². The summed E-state index contributed by atoms with van der Waals surface area (Å²) < 4.78 is 9.10. The molecule has 1 saturated carbocycles. The van der Waals surface area contributed by atoms with Crippen molar-refractivity contribution in [1.29, 1.82) is 0 Å². The molecule has 0 spiro atoms. The van der Waals surface area contributed by atoms with E-state index >= 15 is 0 Å². The van der Waals surface area contributed by atoms with Crippen molar-refractivity contribution < 1.29 is 4.74 Å². The maximum atomic E-state index is 6.01. The van der Waals surface area contributed by atoms with Crippen LogP contribution in [0.15, 0.2) is 10.8 Å². The molecule has 1 aliphatic carbocycles. The third-order valence-electron chi connectivity index (χ3n) is 3.48. The molecule has 2 aliphatic rings. The molecule has 17 heavy (non-hydrogen) atoms. The van der Waals surface area contributed by atoms with Gasteiger partial charge in [0.2, 0.25) is 0 Å². The average Bonchev–Trinajstić information content (AvgIpc) is 3.03. The Hall–Kier alpha value is -0.160. The van der Waals surface area contributed by atoms with Crippen molar-refractivity contribution in [2.75, 3.05) is 5.75 Å². The molecule has 2 fully saturated rings. The van der Waals surface area contributed by atoms with E-state index in [9.17, 15) is 0 Å². The minimum absolute atomic E-state index is 0.403. The fraction of sp³-hybridized carbons (Fsp3) is 0.750. The highest BCUT2D eigenvalue weighted by Crippen LogP contribution is 2.40. The Kier molecular flexibility index (Phi) is 3.66. The monoisotopic (exact) mass is 316 g/mol. The molecule has 3 nitrogen and oxygen atoms in total. The van der Waals surface area contributed by atoms with Gasteiger partial charge in [-0.05, 0) is 60.2 Å². The molecule has 2 heterocycles. The predicted octanol–water partition coefficient (Wildman–Crippen LogP) is 3.99. The van der Waals surface area contributed by atoms with Gasteiger partial charge < -0.3 is 4.74 Å². The van der Waals surface area contributed by atoms with E-state index in [1.54, 1.807) is 0 Å². The van der Waals surface area contributed by atoms with Gasteiger partial charge in [0, 0.05) is 0 Å². The summed E-state index contributed by atoms with van der Waals surface area (Å²) >= 11 is 5.61. The number of nitrogens with zero attached hydrogens (tertiary/aromatic N) is 2. The highest BCUT2D eigenvalue weighted by Gasteiger charge is 2.24. The molecule has 1 saturated heterocycles. The fourth-order valence-corrected chi connectivity index (χ4v) is 4.46. The summed E-state index contributed by atoms with van der Waals surface area (Å²) in [6.07, 6.45) is 9.76. The molecule has 0 N–H and O–H groups in total. The van der Waals surface area contributed by atoms with Gasteiger partial charge in [-0.3, -0.25) is 0 Å². The van der Waals surface area contributed by atoms with Crippen molar-refractivity contribution in [1.82, 2.24) is 9.78 Å². The number of hydrogen-bond acceptors (Lipinski definition) is 3. The van der Waals surface area contributed by atoms with E-state index < -0.39 is 0 Å². The molecule has 0 amide bonds. The molecule has 94 valence electrons. The average molecular weight is 317 g/mol. The van der Waals surface area contributed by atoms with Crippen LogP contribution in [0.1, 0.15) is 43.9 Å². The van der Waals surface area contributed by atoms with Crippen LogP contribution in [0, 0.1) is 0 Å². The highest BCUT2D eigenvalue weighted by atomic mass is 79.9. The van der Waals surface area contributed by atoms with E-state index in [1.807, 2.05) is 18.0 Å². The zero-order valence-corrected chi connectivity index (χ0v) is 12.2. The number of thioether (sulfide) groups is 1. The number of rotatable bonds is 3. The Labute approximate surface area is 114 Å². The summed E-state index contributed by atoms with van der Waals surface area (Å²) in [5.41, 5.74) is 0. The van der Waals surface area contributed by atoms with E-state index in [0.29, 0.717) is 11.5 Å². The van der Waals surface area contributed by atoms with Gasteiger partial charge in [0.15, 0.2) is 5.75 Å². The lowest BCUT2D eigenvalue weighted by molar-refractivity contribution is 0.208. The van der Waals surface area contributed by atoms with Crippen LogP contribution in [0.25, 0.3) is 0 Å². The number of ether oxygens (including phenoxy) is 1. The Morgan fingerprint density at radius 2 is 2.12 bits per heavy atom. The molecule has 1 atom stereocenters. The lowest BCUT2D eigenvalue weighted by atomic mass is 10.3. The SMILES string of the molecule is Brc1c(OC2CCCC2)cnn1C1CCCS1. The number of hydrogen-bond donors (Lipinski definition) is 0. The van der Waals surface area contributed by atoms with Gasteiger partial charge >= 0.3 is 0 Å². The van der Waals surface area contributed by atoms with Crippen LogP contribution in [-0.4, -0.2) is 21.6 Å². The zero-order valence-electron chi connectivity index (χ0n) is 9.77. The largest absolute Gasteiger partial charge is 0.486 e. The number of halogens is 1. The summed E-state index contributed by atoms with van der Waals surface area (Å²) in [6.45, 7) is 0. The van der Waals surface area contributed by atoms with Gasteiger partial charge in [-0.15, -0.1) is 11.8 Å². The van der Waals surface area contributed by atoms with Crippen molar-refractivity contribution in [3.8, 4) is 5.75 Å². The van der Waals surface area contributed by atoms with Crippen molar-refractivity contribution in [3.05, 3.63) is 10.8 Å². The Balaban J connectivity index is 1.72. The van der Waals surface area contributed by atoms with Crippen molar-refractivity contribution in [3.63, 3.8) is 0 Å². The van der Waals surface area contributed by atoms with E-state index in [0.717, 1.165) is 10.4 Å². The number of aromatic nitrogens is 2. The minimum atomic E-state index is 0.403. The zero-order chi connectivity index (χ0) is 11.7. The molecule has 0 radical (unpaired) electrons. The Bertz CT molecular complexity index is 384. The molecular weight excluding hydrogens is 300 g/mol. The standard InChI is InChI=1S/C12H17BrN2OS/c13-12-10(16-9-4-1-2-5-9)8-14-15(12)11-6-3-7-17-11/h8-9,11H,1-7H2. The van der Waals surface area contributed by atoms with Crippen LogP contribution in [0.4, 0.5) is 0 Å². The van der Waals surface area contributed by atoms with Crippen LogP contribution in [0.5, 0.6) is 5.75 Å². The first-order valence-corrected chi connectivity index (χ1v) is 8.20. The van der Waals surface area contributed by atoms with Crippen LogP contribution < -0.4 is 4.74 Å². The third kappa shape index (κ3) is 2.50. The first kappa shape index (κ1) is 11.9. The normalized spacial score (nSPS) is 25.6. The van der Waals surface area contributed by atoms with Gasteiger partial charge in [-0.2, -0.15) is 5.10 Å². The van der Waals surface area contributed by atoms with E-state index in [1.165, 1.54) is 44.3 Å². The topological polar surface area (TPSA) is 27.1 Å². The second-order valence-electron chi connectivity index (χ2n) is 4.74. The van der Waals surface area contributed by atoms with Crippen LogP contribution in [-0.2, 0) is 0 Å². The summed E-state index contributed by atoms with van der Waals surface area (Å²) in [6, 6.07) is 0. The summed E-state index contributed by atoms with van der Waals surface area (Å²) in [4.78, 5) is 0. The van der Waals surface area contributed by atoms with Gasteiger partial charge in [0.1, 0.15) is 4.60 Å². The molecule has 0 aromatic carbocycles. The van der Waals surface area contributed by atoms with Crippen molar-refractivity contribution in [2.24, 2.45) is 0 Å². The first-order chi connectivity index (χ1) is 8.34. The fourth-order valence-electron chi connectivity index (χ4n) is 2.55. The summed E-state index contributed by atoms with van der Waals surface area (Å²) in [7, 11) is 0. The molecule has 1 aromatic rings. The molecule has 0 bridgehead atoms. The Morgan fingerprint density at radius 3 is 2.82 bits per heavy atom. The minimum Gasteiger partial charge on any atom is -0.486 e. The summed E-state index contributed by atoms with van der Waals surface area (Å²) in [5.74, 6) is 2.17. The van der Waals surface area contributed by atoms with Gasteiger partial charge in [-0.25, -0.2) is 4.68 Å². The molecule has 1 aliphatic heterocycles. The van der Waals surface area contributed by atoms with Gasteiger partial charge in [0.05, 0.1) is 17.7 Å². The lowest BCUT2D eigenvalue weighted by Gasteiger charge is -2.13. The van der Waals surface area contributed by atoms with Gasteiger partial charge in [0.25, 0.3) is 0 Å². The highest BCUT2D eigenvalue weighted by molar-refractivity contribution is 9.10. The molecule has 3 rings (SSSR count). The molecule has 1 unspecified atom stereocenters. The van der Waals surface area contributed by atoms with Gasteiger partial charge in [-0.1, -0.05) is 0 Å². The Morgan fingerprint density at radius 1 is 1.29 bits per heavy atom. The maximum absolute atomic E-state index is 6.01. The van der Waals surface area contributed by atoms with E-state index in [-0.39, 0.29) is 0 Å². The molecule has 1 aromatic heterocycles. The predicted molar refractivity (Wildman–Crippen MR) is 73.5 cm³/mol. The van der Waals surface area contributed by atoms with Crippen LogP contribution >= 0.6 is 27.7 Å².